The van der Waals surface area contributed by atoms with Crippen LogP contribution < -0.4 is 10.6 Å². The number of urea groups is 1. The average molecular weight is 363 g/mol. The number of thiophene rings is 1. The molecule has 1 aliphatic rings. The molecular weight excluding hydrogens is 348 g/mol. The zero-order valence-electron chi connectivity index (χ0n) is 10.6. The number of hydrogen-bond donors (Lipinski definition) is 3. The Morgan fingerprint density at radius 3 is 2.80 bits per heavy atom. The van der Waals surface area contributed by atoms with Crippen molar-refractivity contribution in [2.45, 2.75) is 31.6 Å². The van der Waals surface area contributed by atoms with Crippen molar-refractivity contribution in [1.29, 1.82) is 0 Å². The maximum Gasteiger partial charge on any atom is 0.332 e. The minimum atomic E-state index is -0.944. The summed E-state index contributed by atoms with van der Waals surface area (Å²) in [6.45, 7) is 0.787. The van der Waals surface area contributed by atoms with Crippen LogP contribution in [-0.4, -0.2) is 35.9 Å². The average Bonchev–Trinajstić information content (AvgIpc) is 3.03. The molecule has 110 valence electrons. The monoisotopic (exact) mass is 362 g/mol. The molecule has 0 aromatic carbocycles. The third-order valence-electron chi connectivity index (χ3n) is 2.93. The van der Waals surface area contributed by atoms with Crippen LogP contribution in [0.4, 0.5) is 4.79 Å². The molecule has 1 fully saturated rings. The predicted octanol–water partition coefficient (Wildman–Crippen LogP) is 1.94. The van der Waals surface area contributed by atoms with E-state index in [0.717, 1.165) is 8.66 Å². The molecule has 0 radical (unpaired) electrons. The Kier molecular flexibility index (Phi) is 5.38. The highest BCUT2D eigenvalue weighted by molar-refractivity contribution is 9.11. The highest BCUT2D eigenvalue weighted by Crippen LogP contribution is 2.21. The Balaban J connectivity index is 1.64. The van der Waals surface area contributed by atoms with Crippen molar-refractivity contribution in [3.63, 3.8) is 0 Å². The number of carboxylic acid groups (broad SMARTS) is 1. The molecule has 2 atom stereocenters. The minimum Gasteiger partial charge on any atom is -0.479 e. The third kappa shape index (κ3) is 4.46. The second kappa shape index (κ2) is 7.05. The van der Waals surface area contributed by atoms with Crippen LogP contribution in [0.5, 0.6) is 0 Å². The lowest BCUT2D eigenvalue weighted by Gasteiger charge is -2.12. The van der Waals surface area contributed by atoms with Gasteiger partial charge in [0.05, 0.1) is 16.4 Å². The van der Waals surface area contributed by atoms with Crippen LogP contribution in [-0.2, 0) is 16.1 Å². The van der Waals surface area contributed by atoms with E-state index in [1.54, 1.807) is 11.3 Å². The molecule has 8 heteroatoms. The summed E-state index contributed by atoms with van der Waals surface area (Å²) in [7, 11) is 0. The van der Waals surface area contributed by atoms with Crippen molar-refractivity contribution in [3.8, 4) is 0 Å². The maximum absolute atomic E-state index is 11.6. The Hall–Kier alpha value is -1.12. The van der Waals surface area contributed by atoms with Crippen LogP contribution in [0.1, 0.15) is 17.7 Å². The maximum atomic E-state index is 11.6. The second-order valence-corrected chi connectivity index (χ2v) is 6.98. The zero-order chi connectivity index (χ0) is 14.5. The van der Waals surface area contributed by atoms with E-state index in [9.17, 15) is 9.59 Å². The van der Waals surface area contributed by atoms with E-state index in [4.69, 9.17) is 9.84 Å². The molecule has 1 aromatic rings. The molecular formula is C12H15BrN2O4S. The number of nitrogens with one attached hydrogen (secondary N) is 2. The van der Waals surface area contributed by atoms with E-state index in [0.29, 0.717) is 25.9 Å². The van der Waals surface area contributed by atoms with Gasteiger partial charge in [0.2, 0.25) is 0 Å². The van der Waals surface area contributed by atoms with Crippen molar-refractivity contribution in [1.82, 2.24) is 10.6 Å². The largest absolute Gasteiger partial charge is 0.479 e. The summed E-state index contributed by atoms with van der Waals surface area (Å²) in [6.07, 6.45) is 0.174. The van der Waals surface area contributed by atoms with E-state index < -0.39 is 12.1 Å². The van der Waals surface area contributed by atoms with Gasteiger partial charge < -0.3 is 20.5 Å². The van der Waals surface area contributed by atoms with Crippen LogP contribution >= 0.6 is 27.3 Å². The smallest absolute Gasteiger partial charge is 0.332 e. The standard InChI is InChI=1S/C12H15BrN2O4S/c13-10-4-2-8(20-10)6-15-12(18)14-5-7-1-3-9(19-7)11(16)17/h2,4,7,9H,1,3,5-6H2,(H,16,17)(H2,14,15,18). The number of aliphatic carboxylic acids is 1. The molecule has 0 saturated carbocycles. The van der Waals surface area contributed by atoms with Gasteiger partial charge in [-0.1, -0.05) is 0 Å². The Morgan fingerprint density at radius 2 is 2.20 bits per heavy atom. The van der Waals surface area contributed by atoms with Crippen LogP contribution in [0.25, 0.3) is 0 Å². The lowest BCUT2D eigenvalue weighted by molar-refractivity contribution is -0.149. The van der Waals surface area contributed by atoms with Gasteiger partial charge >= 0.3 is 12.0 Å². The first-order valence-electron chi connectivity index (χ1n) is 6.19. The molecule has 1 aliphatic heterocycles. The molecule has 0 aliphatic carbocycles. The number of amides is 2. The van der Waals surface area contributed by atoms with Crippen LogP contribution in [0.15, 0.2) is 15.9 Å². The SMILES string of the molecule is O=C(NCc1ccc(Br)s1)NCC1CCC(C(=O)O)O1. The molecule has 2 rings (SSSR count). The summed E-state index contributed by atoms with van der Waals surface area (Å²) in [6, 6.07) is 3.58. The topological polar surface area (TPSA) is 87.7 Å². The number of carbonyl (C=O) groups is 2. The molecule has 2 amide bonds. The quantitative estimate of drug-likeness (QED) is 0.746. The van der Waals surface area contributed by atoms with Gasteiger partial charge in [-0.05, 0) is 40.9 Å². The van der Waals surface area contributed by atoms with Crippen LogP contribution in [0.3, 0.4) is 0 Å². The van der Waals surface area contributed by atoms with E-state index >= 15 is 0 Å². The van der Waals surface area contributed by atoms with Gasteiger partial charge in [-0.15, -0.1) is 11.3 Å². The lowest BCUT2D eigenvalue weighted by Crippen LogP contribution is -2.39. The molecule has 3 N–H and O–H groups in total. The summed E-state index contributed by atoms with van der Waals surface area (Å²) in [5.74, 6) is -0.944. The Bertz CT molecular complexity index is 494. The van der Waals surface area contributed by atoms with E-state index in [2.05, 4.69) is 26.6 Å². The second-order valence-electron chi connectivity index (χ2n) is 4.43. The highest BCUT2D eigenvalue weighted by Gasteiger charge is 2.30. The summed E-state index contributed by atoms with van der Waals surface area (Å²) < 4.78 is 6.32. The first-order valence-corrected chi connectivity index (χ1v) is 7.79. The molecule has 2 unspecified atom stereocenters. The fourth-order valence-electron chi connectivity index (χ4n) is 1.92. The van der Waals surface area contributed by atoms with Crippen LogP contribution in [0, 0.1) is 0 Å². The molecule has 2 heterocycles. The van der Waals surface area contributed by atoms with E-state index in [1.165, 1.54) is 0 Å². The van der Waals surface area contributed by atoms with Crippen molar-refractivity contribution in [2.24, 2.45) is 0 Å². The molecule has 1 aromatic heterocycles. The molecule has 0 spiro atoms. The molecule has 0 bridgehead atoms. The van der Waals surface area contributed by atoms with Crippen molar-refractivity contribution in [3.05, 3.63) is 20.8 Å². The van der Waals surface area contributed by atoms with Crippen molar-refractivity contribution in [2.75, 3.05) is 6.54 Å². The number of carboxylic acids is 1. The van der Waals surface area contributed by atoms with Crippen LogP contribution in [0.2, 0.25) is 0 Å². The number of hydrogen-bond acceptors (Lipinski definition) is 4. The van der Waals surface area contributed by atoms with E-state index in [1.807, 2.05) is 12.1 Å². The van der Waals surface area contributed by atoms with Gasteiger partial charge in [-0.25, -0.2) is 9.59 Å². The summed E-state index contributed by atoms with van der Waals surface area (Å²) in [5, 5.41) is 14.2. The fourth-order valence-corrected chi connectivity index (χ4v) is 3.34. The van der Waals surface area contributed by atoms with Crippen molar-refractivity contribution < 1.29 is 19.4 Å². The first-order chi connectivity index (χ1) is 9.54. The van der Waals surface area contributed by atoms with Gasteiger partial charge in [0.25, 0.3) is 0 Å². The number of rotatable bonds is 5. The fraction of sp³-hybridized carbons (Fsp3) is 0.500. The zero-order valence-corrected chi connectivity index (χ0v) is 13.0. The number of carbonyl (C=O) groups excluding carboxylic acids is 1. The first kappa shape index (κ1) is 15.3. The normalized spacial score (nSPS) is 21.6. The summed E-state index contributed by atoms with van der Waals surface area (Å²) in [4.78, 5) is 23.4. The van der Waals surface area contributed by atoms with Gasteiger partial charge in [0, 0.05) is 11.4 Å². The summed E-state index contributed by atoms with van der Waals surface area (Å²) in [5.41, 5.74) is 0. The van der Waals surface area contributed by atoms with Crippen molar-refractivity contribution >= 4 is 39.3 Å². The predicted molar refractivity (Wildman–Crippen MR) is 77.8 cm³/mol. The van der Waals surface area contributed by atoms with E-state index in [-0.39, 0.29) is 12.1 Å². The highest BCUT2D eigenvalue weighted by atomic mass is 79.9. The lowest BCUT2D eigenvalue weighted by atomic mass is 10.2. The number of ether oxygens (including phenoxy) is 1. The van der Waals surface area contributed by atoms with Gasteiger partial charge in [-0.2, -0.15) is 0 Å². The molecule has 6 nitrogen and oxygen atoms in total. The minimum absolute atomic E-state index is 0.224. The Labute approximate surface area is 128 Å². The Morgan fingerprint density at radius 1 is 1.40 bits per heavy atom. The molecule has 1 saturated heterocycles. The number of halogens is 1. The summed E-state index contributed by atoms with van der Waals surface area (Å²) >= 11 is 4.92. The van der Waals surface area contributed by atoms with Gasteiger partial charge in [-0.3, -0.25) is 0 Å². The van der Waals surface area contributed by atoms with Gasteiger partial charge in [0.15, 0.2) is 6.10 Å². The third-order valence-corrected chi connectivity index (χ3v) is 4.55. The molecule has 20 heavy (non-hydrogen) atoms. The van der Waals surface area contributed by atoms with Gasteiger partial charge in [0.1, 0.15) is 0 Å².